The highest BCUT2D eigenvalue weighted by atomic mass is 32.1. The van der Waals surface area contributed by atoms with Crippen LogP contribution in [0.15, 0.2) is 21.9 Å². The van der Waals surface area contributed by atoms with E-state index >= 15 is 0 Å². The van der Waals surface area contributed by atoms with Crippen LogP contribution < -0.4 is 0 Å². The monoisotopic (exact) mass is 344 g/mol. The summed E-state index contributed by atoms with van der Waals surface area (Å²) < 4.78 is 44.0. The number of aromatic nitrogens is 1. The number of aryl methyl sites for hydroxylation is 1. The fraction of sp³-hybridized carbons (Fsp3) is 0.467. The van der Waals surface area contributed by atoms with E-state index in [1.54, 1.807) is 24.4 Å². The SMILES string of the molecule is Cc1ccc(-c2nc(C(=O)N3CCC[C@@H](C(F)(F)F)C3)cs2)o1. The van der Waals surface area contributed by atoms with E-state index in [0.29, 0.717) is 23.7 Å². The quantitative estimate of drug-likeness (QED) is 0.823. The van der Waals surface area contributed by atoms with Gasteiger partial charge in [0.15, 0.2) is 10.8 Å². The molecular weight excluding hydrogens is 329 g/mol. The van der Waals surface area contributed by atoms with Crippen molar-refractivity contribution in [2.24, 2.45) is 5.92 Å². The van der Waals surface area contributed by atoms with Gasteiger partial charge in [-0.3, -0.25) is 4.79 Å². The van der Waals surface area contributed by atoms with Crippen molar-refractivity contribution < 1.29 is 22.4 Å². The highest BCUT2D eigenvalue weighted by molar-refractivity contribution is 7.13. The Morgan fingerprint density at radius 3 is 2.87 bits per heavy atom. The number of halogens is 3. The highest BCUT2D eigenvalue weighted by Gasteiger charge is 2.43. The van der Waals surface area contributed by atoms with E-state index in [2.05, 4.69) is 4.98 Å². The van der Waals surface area contributed by atoms with E-state index in [9.17, 15) is 18.0 Å². The minimum absolute atomic E-state index is 0.0707. The maximum Gasteiger partial charge on any atom is 0.393 e. The number of amides is 1. The molecule has 0 aromatic carbocycles. The molecule has 1 aliphatic heterocycles. The maximum absolute atomic E-state index is 12.8. The highest BCUT2D eigenvalue weighted by Crippen LogP contribution is 2.34. The summed E-state index contributed by atoms with van der Waals surface area (Å²) in [5.74, 6) is -0.624. The van der Waals surface area contributed by atoms with Crippen LogP contribution in [0.3, 0.4) is 0 Å². The van der Waals surface area contributed by atoms with Crippen LogP contribution in [0, 0.1) is 12.8 Å². The van der Waals surface area contributed by atoms with Crippen molar-refractivity contribution in [1.82, 2.24) is 9.88 Å². The first-order valence-corrected chi connectivity index (χ1v) is 8.11. The number of carbonyl (C=O) groups excluding carboxylic acids is 1. The first kappa shape index (κ1) is 16.0. The summed E-state index contributed by atoms with van der Waals surface area (Å²) in [7, 11) is 0. The third-order valence-corrected chi connectivity index (χ3v) is 4.70. The van der Waals surface area contributed by atoms with Gasteiger partial charge < -0.3 is 9.32 Å². The number of hydrogen-bond donors (Lipinski definition) is 0. The largest absolute Gasteiger partial charge is 0.459 e. The van der Waals surface area contributed by atoms with Gasteiger partial charge in [0.05, 0.1) is 5.92 Å². The summed E-state index contributed by atoms with van der Waals surface area (Å²) in [6.07, 6.45) is -3.84. The van der Waals surface area contributed by atoms with Gasteiger partial charge in [0.25, 0.3) is 5.91 Å². The van der Waals surface area contributed by atoms with Gasteiger partial charge in [0.2, 0.25) is 0 Å². The van der Waals surface area contributed by atoms with Gasteiger partial charge in [-0.2, -0.15) is 13.2 Å². The molecule has 0 bridgehead atoms. The first-order valence-electron chi connectivity index (χ1n) is 7.23. The Balaban J connectivity index is 1.74. The van der Waals surface area contributed by atoms with Gasteiger partial charge in [-0.25, -0.2) is 4.98 Å². The molecule has 4 nitrogen and oxygen atoms in total. The third kappa shape index (κ3) is 3.41. The fourth-order valence-corrected chi connectivity index (χ4v) is 3.38. The van der Waals surface area contributed by atoms with Crippen LogP contribution in [0.25, 0.3) is 10.8 Å². The van der Waals surface area contributed by atoms with Gasteiger partial charge in [-0.15, -0.1) is 11.3 Å². The molecule has 0 saturated carbocycles. The molecule has 0 unspecified atom stereocenters. The lowest BCUT2D eigenvalue weighted by molar-refractivity contribution is -0.184. The van der Waals surface area contributed by atoms with E-state index in [1.807, 2.05) is 0 Å². The third-order valence-electron chi connectivity index (χ3n) is 3.85. The van der Waals surface area contributed by atoms with Crippen LogP contribution in [-0.2, 0) is 0 Å². The average Bonchev–Trinajstić information content (AvgIpc) is 3.14. The number of piperidine rings is 1. The van der Waals surface area contributed by atoms with Crippen molar-refractivity contribution in [3.8, 4) is 10.8 Å². The Morgan fingerprint density at radius 1 is 1.43 bits per heavy atom. The van der Waals surface area contributed by atoms with Gasteiger partial charge in [0.1, 0.15) is 11.5 Å². The zero-order valence-electron chi connectivity index (χ0n) is 12.4. The first-order chi connectivity index (χ1) is 10.8. The van der Waals surface area contributed by atoms with E-state index in [-0.39, 0.29) is 18.7 Å². The smallest absolute Gasteiger partial charge is 0.393 e. The zero-order valence-corrected chi connectivity index (χ0v) is 13.2. The second-order valence-corrected chi connectivity index (χ2v) is 6.44. The number of hydrogen-bond acceptors (Lipinski definition) is 4. The van der Waals surface area contributed by atoms with Crippen molar-refractivity contribution in [3.63, 3.8) is 0 Å². The minimum atomic E-state index is -4.27. The molecular formula is C15H15F3N2O2S. The van der Waals surface area contributed by atoms with Gasteiger partial charge >= 0.3 is 6.18 Å². The predicted molar refractivity (Wildman–Crippen MR) is 79.2 cm³/mol. The zero-order chi connectivity index (χ0) is 16.6. The molecule has 23 heavy (non-hydrogen) atoms. The Hall–Kier alpha value is -1.83. The van der Waals surface area contributed by atoms with Crippen LogP contribution in [0.2, 0.25) is 0 Å². The molecule has 0 spiro atoms. The normalized spacial score (nSPS) is 19.1. The second-order valence-electron chi connectivity index (χ2n) is 5.58. The molecule has 0 N–H and O–H groups in total. The summed E-state index contributed by atoms with van der Waals surface area (Å²) in [5, 5.41) is 2.11. The Labute approximate surface area is 134 Å². The molecule has 1 amide bonds. The number of likely N-dealkylation sites (tertiary alicyclic amines) is 1. The van der Waals surface area contributed by atoms with E-state index in [1.165, 1.54) is 16.2 Å². The lowest BCUT2D eigenvalue weighted by Crippen LogP contribution is -2.44. The summed E-state index contributed by atoms with van der Waals surface area (Å²) in [4.78, 5) is 17.8. The molecule has 1 saturated heterocycles. The standard InChI is InChI=1S/C15H15F3N2O2S/c1-9-4-5-12(22-9)13-19-11(8-23-13)14(21)20-6-2-3-10(7-20)15(16,17)18/h4-5,8,10H,2-3,6-7H2,1H3/t10-/m1/s1. The van der Waals surface area contributed by atoms with E-state index < -0.39 is 18.0 Å². The van der Waals surface area contributed by atoms with Crippen LogP contribution >= 0.6 is 11.3 Å². The molecule has 1 aliphatic rings. The van der Waals surface area contributed by atoms with Crippen LogP contribution in [-0.4, -0.2) is 35.1 Å². The number of carbonyl (C=O) groups is 1. The summed E-state index contributed by atoms with van der Waals surface area (Å²) in [5.41, 5.74) is 0.168. The van der Waals surface area contributed by atoms with Crippen molar-refractivity contribution >= 4 is 17.2 Å². The maximum atomic E-state index is 12.8. The Kier molecular flexibility index (Phi) is 4.18. The number of alkyl halides is 3. The van der Waals surface area contributed by atoms with Crippen LogP contribution in [0.1, 0.15) is 29.1 Å². The lowest BCUT2D eigenvalue weighted by atomic mass is 9.97. The lowest BCUT2D eigenvalue weighted by Gasteiger charge is -2.33. The van der Waals surface area contributed by atoms with Gasteiger partial charge in [0, 0.05) is 18.5 Å². The van der Waals surface area contributed by atoms with E-state index in [0.717, 1.165) is 5.76 Å². The van der Waals surface area contributed by atoms with Crippen molar-refractivity contribution in [2.75, 3.05) is 13.1 Å². The summed E-state index contributed by atoms with van der Waals surface area (Å²) >= 11 is 1.24. The van der Waals surface area contributed by atoms with Crippen LogP contribution in [0.4, 0.5) is 13.2 Å². The molecule has 2 aromatic heterocycles. The molecule has 1 atom stereocenters. The van der Waals surface area contributed by atoms with Crippen molar-refractivity contribution in [2.45, 2.75) is 25.9 Å². The molecule has 3 rings (SSSR count). The topological polar surface area (TPSA) is 46.3 Å². The predicted octanol–water partition coefficient (Wildman–Crippen LogP) is 4.13. The number of rotatable bonds is 2. The van der Waals surface area contributed by atoms with Crippen molar-refractivity contribution in [3.05, 3.63) is 29.0 Å². The van der Waals surface area contributed by atoms with Gasteiger partial charge in [-0.05, 0) is 31.9 Å². The summed E-state index contributed by atoms with van der Waals surface area (Å²) in [6.45, 7) is 1.83. The summed E-state index contributed by atoms with van der Waals surface area (Å²) in [6, 6.07) is 3.54. The van der Waals surface area contributed by atoms with Gasteiger partial charge in [-0.1, -0.05) is 0 Å². The minimum Gasteiger partial charge on any atom is -0.459 e. The van der Waals surface area contributed by atoms with Crippen molar-refractivity contribution in [1.29, 1.82) is 0 Å². The average molecular weight is 344 g/mol. The number of furan rings is 1. The fourth-order valence-electron chi connectivity index (χ4n) is 2.63. The molecule has 8 heteroatoms. The molecule has 1 fully saturated rings. The Bertz CT molecular complexity index is 708. The van der Waals surface area contributed by atoms with E-state index in [4.69, 9.17) is 4.42 Å². The van der Waals surface area contributed by atoms with Crippen LogP contribution in [0.5, 0.6) is 0 Å². The molecule has 124 valence electrons. The molecule has 2 aromatic rings. The molecule has 0 radical (unpaired) electrons. The molecule has 0 aliphatic carbocycles. The number of nitrogens with zero attached hydrogens (tertiary/aromatic N) is 2. The Morgan fingerprint density at radius 2 is 2.22 bits per heavy atom. The number of thiazole rings is 1. The molecule has 3 heterocycles. The second kappa shape index (κ2) is 5.99.